The number of nitrogens with zero attached hydrogens (tertiary/aromatic N) is 3. The molecule has 3 rings (SSSR count). The summed E-state index contributed by atoms with van der Waals surface area (Å²) in [4.78, 5) is 13.2. The third-order valence-electron chi connectivity index (χ3n) is 3.01. The number of thioether (sulfide) groups is 2. The van der Waals surface area contributed by atoms with Crippen molar-refractivity contribution in [2.75, 3.05) is 18.1 Å². The smallest absolute Gasteiger partial charge is 0.230 e. The lowest BCUT2D eigenvalue weighted by Gasteiger charge is -2.04. The van der Waals surface area contributed by atoms with Crippen LogP contribution in [0.4, 0.5) is 0 Å². The average molecular weight is 365 g/mol. The number of fused-ring (bicyclic) bond motifs is 1. The van der Waals surface area contributed by atoms with Crippen molar-refractivity contribution in [1.82, 2.24) is 19.9 Å². The summed E-state index contributed by atoms with van der Waals surface area (Å²) in [5, 5.41) is 13.9. The number of hydrogen-bond donors (Lipinski definition) is 1. The van der Waals surface area contributed by atoms with Crippen LogP contribution in [0, 0.1) is 0 Å². The molecule has 0 aromatic carbocycles. The van der Waals surface area contributed by atoms with Gasteiger partial charge in [-0.05, 0) is 23.6 Å². The molecule has 0 aliphatic rings. The quantitative estimate of drug-likeness (QED) is 0.492. The summed E-state index contributed by atoms with van der Waals surface area (Å²) < 4.78 is 1.88. The Morgan fingerprint density at radius 1 is 1.26 bits per heavy atom. The van der Waals surface area contributed by atoms with E-state index in [1.54, 1.807) is 11.3 Å². The van der Waals surface area contributed by atoms with Gasteiger partial charge in [0.1, 0.15) is 0 Å². The first-order valence-corrected chi connectivity index (χ1v) is 10.1. The van der Waals surface area contributed by atoms with E-state index in [9.17, 15) is 4.79 Å². The monoisotopic (exact) mass is 364 g/mol. The fourth-order valence-corrected chi connectivity index (χ4v) is 4.38. The van der Waals surface area contributed by atoms with Gasteiger partial charge in [0.25, 0.3) is 0 Å². The number of amides is 1. The predicted molar refractivity (Wildman–Crippen MR) is 97.2 cm³/mol. The molecule has 3 aromatic heterocycles. The molecule has 1 N–H and O–H groups in total. The average Bonchev–Trinajstić information content (AvgIpc) is 3.22. The van der Waals surface area contributed by atoms with Crippen LogP contribution >= 0.6 is 34.9 Å². The van der Waals surface area contributed by atoms with Crippen molar-refractivity contribution < 1.29 is 4.79 Å². The third kappa shape index (κ3) is 4.73. The molecule has 120 valence electrons. The van der Waals surface area contributed by atoms with Crippen molar-refractivity contribution in [3.05, 3.63) is 46.8 Å². The molecule has 0 radical (unpaired) electrons. The topological polar surface area (TPSA) is 59.3 Å². The lowest BCUT2D eigenvalue weighted by Crippen LogP contribution is -2.27. The Balaban J connectivity index is 1.35. The largest absolute Gasteiger partial charge is 0.355 e. The minimum absolute atomic E-state index is 0.0272. The molecule has 1 amide bonds. The molecule has 0 atom stereocenters. The Morgan fingerprint density at radius 2 is 2.22 bits per heavy atom. The van der Waals surface area contributed by atoms with Gasteiger partial charge in [0, 0.05) is 29.1 Å². The highest BCUT2D eigenvalue weighted by Gasteiger charge is 2.08. The molecule has 0 spiro atoms. The van der Waals surface area contributed by atoms with Gasteiger partial charge in [-0.1, -0.05) is 23.9 Å². The molecule has 3 aromatic rings. The van der Waals surface area contributed by atoms with E-state index in [4.69, 9.17) is 0 Å². The summed E-state index contributed by atoms with van der Waals surface area (Å²) >= 11 is 5.00. The van der Waals surface area contributed by atoms with Crippen LogP contribution in [0.1, 0.15) is 4.88 Å². The summed E-state index contributed by atoms with van der Waals surface area (Å²) in [6.07, 6.45) is 1.90. The summed E-state index contributed by atoms with van der Waals surface area (Å²) in [6, 6.07) is 9.93. The van der Waals surface area contributed by atoms with Crippen molar-refractivity contribution in [1.29, 1.82) is 0 Å². The number of rotatable bonds is 8. The van der Waals surface area contributed by atoms with Crippen LogP contribution in [-0.2, 0) is 10.5 Å². The van der Waals surface area contributed by atoms with Crippen molar-refractivity contribution >= 4 is 46.4 Å². The first-order valence-electron chi connectivity index (χ1n) is 7.12. The SMILES string of the molecule is O=C(CSc1nnc2ccccn12)NCCSCc1cccs1. The first kappa shape index (κ1) is 16.4. The van der Waals surface area contributed by atoms with Crippen LogP contribution in [-0.4, -0.2) is 38.6 Å². The van der Waals surface area contributed by atoms with Crippen molar-refractivity contribution in [2.45, 2.75) is 10.9 Å². The maximum atomic E-state index is 11.9. The van der Waals surface area contributed by atoms with Crippen LogP contribution in [0.3, 0.4) is 0 Å². The number of pyridine rings is 1. The van der Waals surface area contributed by atoms with Crippen LogP contribution in [0.15, 0.2) is 47.1 Å². The summed E-state index contributed by atoms with van der Waals surface area (Å²) in [5.41, 5.74) is 0.792. The van der Waals surface area contributed by atoms with Gasteiger partial charge < -0.3 is 5.32 Å². The van der Waals surface area contributed by atoms with E-state index in [-0.39, 0.29) is 5.91 Å². The molecule has 0 unspecified atom stereocenters. The molecule has 0 aliphatic heterocycles. The van der Waals surface area contributed by atoms with E-state index in [2.05, 4.69) is 33.0 Å². The summed E-state index contributed by atoms with van der Waals surface area (Å²) in [6.45, 7) is 0.690. The predicted octanol–water partition coefficient (Wildman–Crippen LogP) is 2.93. The molecule has 0 aliphatic carbocycles. The molecule has 23 heavy (non-hydrogen) atoms. The molecule has 5 nitrogen and oxygen atoms in total. The van der Waals surface area contributed by atoms with E-state index < -0.39 is 0 Å². The van der Waals surface area contributed by atoms with Crippen molar-refractivity contribution in [3.63, 3.8) is 0 Å². The lowest BCUT2D eigenvalue weighted by atomic mass is 10.5. The maximum Gasteiger partial charge on any atom is 0.230 e. The molecule has 0 bridgehead atoms. The second kappa shape index (κ2) is 8.37. The standard InChI is InChI=1S/C15H16N4OS3/c20-14(16-6-9-21-10-12-4-3-8-22-12)11-23-15-18-17-13-5-1-2-7-19(13)15/h1-5,7-8H,6,9-11H2,(H,16,20). The Morgan fingerprint density at radius 3 is 3.09 bits per heavy atom. The molecule has 0 saturated heterocycles. The minimum atomic E-state index is 0.0272. The molecule has 0 fully saturated rings. The zero-order chi connectivity index (χ0) is 15.9. The second-order valence-corrected chi connectivity index (χ2v) is 7.76. The number of aromatic nitrogens is 3. The van der Waals surface area contributed by atoms with Gasteiger partial charge in [0.15, 0.2) is 10.8 Å². The van der Waals surface area contributed by atoms with E-state index in [1.165, 1.54) is 16.6 Å². The second-order valence-electron chi connectivity index (χ2n) is 4.68. The Kier molecular flexibility index (Phi) is 5.95. The number of carbonyl (C=O) groups excluding carboxylic acids is 1. The molecular formula is C15H16N4OS3. The van der Waals surface area contributed by atoms with Crippen molar-refractivity contribution in [2.24, 2.45) is 0 Å². The minimum Gasteiger partial charge on any atom is -0.355 e. The Hall–Kier alpha value is -1.51. The van der Waals surface area contributed by atoms with Gasteiger partial charge in [-0.2, -0.15) is 11.8 Å². The highest BCUT2D eigenvalue weighted by Crippen LogP contribution is 2.17. The van der Waals surface area contributed by atoms with E-state index >= 15 is 0 Å². The van der Waals surface area contributed by atoms with Gasteiger partial charge >= 0.3 is 0 Å². The first-order chi connectivity index (χ1) is 11.3. The molecular weight excluding hydrogens is 348 g/mol. The van der Waals surface area contributed by atoms with Gasteiger partial charge in [-0.25, -0.2) is 0 Å². The maximum absolute atomic E-state index is 11.9. The summed E-state index contributed by atoms with van der Waals surface area (Å²) in [7, 11) is 0. The molecule has 3 heterocycles. The zero-order valence-corrected chi connectivity index (χ0v) is 14.8. The number of thiophene rings is 1. The van der Waals surface area contributed by atoms with Crippen LogP contribution in [0.5, 0.6) is 0 Å². The number of hydrogen-bond acceptors (Lipinski definition) is 6. The van der Waals surface area contributed by atoms with Gasteiger partial charge in [-0.15, -0.1) is 21.5 Å². The fraction of sp³-hybridized carbons (Fsp3) is 0.267. The molecule has 8 heteroatoms. The highest BCUT2D eigenvalue weighted by atomic mass is 32.2. The third-order valence-corrected chi connectivity index (χ3v) is 6.02. The van der Waals surface area contributed by atoms with Gasteiger partial charge in [0.05, 0.1) is 5.75 Å². The number of nitrogens with one attached hydrogen (secondary N) is 1. The Bertz CT molecular complexity index is 757. The van der Waals surface area contributed by atoms with E-state index in [1.807, 2.05) is 40.6 Å². The van der Waals surface area contributed by atoms with Crippen LogP contribution in [0.2, 0.25) is 0 Å². The summed E-state index contributed by atoms with van der Waals surface area (Å²) in [5.74, 6) is 2.31. The van der Waals surface area contributed by atoms with Gasteiger partial charge in [-0.3, -0.25) is 9.20 Å². The van der Waals surface area contributed by atoms with E-state index in [0.29, 0.717) is 12.3 Å². The highest BCUT2D eigenvalue weighted by molar-refractivity contribution is 7.99. The lowest BCUT2D eigenvalue weighted by molar-refractivity contribution is -0.118. The normalized spacial score (nSPS) is 11.0. The van der Waals surface area contributed by atoms with Crippen molar-refractivity contribution in [3.8, 4) is 0 Å². The van der Waals surface area contributed by atoms with E-state index in [0.717, 1.165) is 22.3 Å². The fourth-order valence-electron chi connectivity index (χ4n) is 1.93. The van der Waals surface area contributed by atoms with Gasteiger partial charge in [0.2, 0.25) is 5.91 Å². The van der Waals surface area contributed by atoms with Crippen LogP contribution in [0.25, 0.3) is 5.65 Å². The zero-order valence-electron chi connectivity index (χ0n) is 12.3. The van der Waals surface area contributed by atoms with Crippen LogP contribution < -0.4 is 5.32 Å². The Labute approximate surface area is 146 Å². The number of carbonyl (C=O) groups is 1. The molecule has 0 saturated carbocycles.